The van der Waals surface area contributed by atoms with Crippen LogP contribution in [-0.4, -0.2) is 35.2 Å². The second-order valence-electron chi connectivity index (χ2n) is 4.46. The van der Waals surface area contributed by atoms with Gasteiger partial charge in [0.15, 0.2) is 0 Å². The molecule has 5 heteroatoms. The molecule has 0 aliphatic carbocycles. The zero-order valence-electron chi connectivity index (χ0n) is 9.58. The van der Waals surface area contributed by atoms with Crippen molar-refractivity contribution in [2.75, 3.05) is 13.1 Å². The van der Waals surface area contributed by atoms with E-state index in [1.165, 1.54) is 5.56 Å². The Balaban J connectivity index is 1.99. The zero-order chi connectivity index (χ0) is 11.5. The van der Waals surface area contributed by atoms with Crippen LogP contribution in [0.25, 0.3) is 0 Å². The first-order chi connectivity index (χ1) is 7.66. The summed E-state index contributed by atoms with van der Waals surface area (Å²) in [5.74, 6) is 0.495. The van der Waals surface area contributed by atoms with E-state index in [0.29, 0.717) is 5.92 Å². The van der Waals surface area contributed by atoms with Gasteiger partial charge in [-0.3, -0.25) is 5.21 Å². The zero-order valence-corrected chi connectivity index (χ0v) is 9.58. The van der Waals surface area contributed by atoms with Gasteiger partial charge in [-0.05, 0) is 44.7 Å². The molecule has 2 rings (SSSR count). The third-order valence-corrected chi connectivity index (χ3v) is 3.34. The van der Waals surface area contributed by atoms with Crippen LogP contribution in [0.3, 0.4) is 0 Å². The van der Waals surface area contributed by atoms with Crippen LogP contribution in [-0.2, 0) is 0 Å². The summed E-state index contributed by atoms with van der Waals surface area (Å²) in [6.07, 6.45) is 5.46. The minimum atomic E-state index is -0.348. The Labute approximate surface area is 96.2 Å². The van der Waals surface area contributed by atoms with Crippen molar-refractivity contribution in [3.63, 3.8) is 0 Å². The van der Waals surface area contributed by atoms with Crippen LogP contribution in [0.2, 0.25) is 6.82 Å². The van der Waals surface area contributed by atoms with Crippen LogP contribution in [0.5, 0.6) is 0 Å². The van der Waals surface area contributed by atoms with E-state index in [1.807, 2.05) is 12.9 Å². The Morgan fingerprint density at radius 2 is 2.12 bits per heavy atom. The minimum Gasteiger partial charge on any atom is -0.437 e. The van der Waals surface area contributed by atoms with Gasteiger partial charge < -0.3 is 9.83 Å². The molecule has 0 unspecified atom stereocenters. The van der Waals surface area contributed by atoms with Crippen molar-refractivity contribution < 1.29 is 15.0 Å². The first-order valence-corrected chi connectivity index (χ1v) is 5.79. The molecular formula is C11H18BN2O2+. The van der Waals surface area contributed by atoms with E-state index in [0.717, 1.165) is 30.7 Å². The number of aromatic nitrogens is 1. The molecule has 4 nitrogen and oxygen atoms in total. The highest BCUT2D eigenvalue weighted by molar-refractivity contribution is 6.45. The summed E-state index contributed by atoms with van der Waals surface area (Å²) in [6.45, 7) is 3.65. The molecular weight excluding hydrogens is 203 g/mol. The van der Waals surface area contributed by atoms with Crippen LogP contribution in [0.15, 0.2) is 24.5 Å². The predicted octanol–water partition coefficient (Wildman–Crippen LogP) is 0.501. The fraction of sp³-hybridized carbons (Fsp3) is 0.545. The van der Waals surface area contributed by atoms with E-state index in [4.69, 9.17) is 0 Å². The lowest BCUT2D eigenvalue weighted by atomic mass is 9.80. The van der Waals surface area contributed by atoms with Gasteiger partial charge in [0.2, 0.25) is 12.4 Å². The van der Waals surface area contributed by atoms with Gasteiger partial charge in [0.05, 0.1) is 0 Å². The molecule has 16 heavy (non-hydrogen) atoms. The Hall–Kier alpha value is -1.07. The van der Waals surface area contributed by atoms with Gasteiger partial charge in [-0.15, -0.1) is 0 Å². The molecule has 0 atom stereocenters. The lowest BCUT2D eigenvalue weighted by Gasteiger charge is -2.32. The van der Waals surface area contributed by atoms with Crippen molar-refractivity contribution in [1.82, 2.24) is 4.81 Å². The molecule has 1 aromatic rings. The number of hydrogen-bond donors (Lipinski definition) is 2. The van der Waals surface area contributed by atoms with Crippen molar-refractivity contribution in [1.29, 1.82) is 0 Å². The highest BCUT2D eigenvalue weighted by Crippen LogP contribution is 2.26. The topological polar surface area (TPSA) is 47.6 Å². The van der Waals surface area contributed by atoms with Gasteiger partial charge in [-0.2, -0.15) is 0 Å². The normalized spacial score (nSPS) is 18.6. The van der Waals surface area contributed by atoms with Gasteiger partial charge >= 0.3 is 7.05 Å². The number of rotatable bonds is 2. The van der Waals surface area contributed by atoms with Gasteiger partial charge in [-0.25, -0.2) is 0 Å². The first kappa shape index (κ1) is 11.4. The monoisotopic (exact) mass is 221 g/mol. The summed E-state index contributed by atoms with van der Waals surface area (Å²) < 4.78 is 1.11. The van der Waals surface area contributed by atoms with E-state index in [2.05, 4.69) is 10.9 Å². The van der Waals surface area contributed by atoms with E-state index in [1.54, 1.807) is 12.4 Å². The van der Waals surface area contributed by atoms with Gasteiger partial charge in [-0.1, -0.05) is 0 Å². The van der Waals surface area contributed by atoms with Crippen LogP contribution < -0.4 is 4.73 Å². The molecule has 0 spiro atoms. The van der Waals surface area contributed by atoms with E-state index < -0.39 is 0 Å². The average molecular weight is 221 g/mol. The van der Waals surface area contributed by atoms with Crippen molar-refractivity contribution in [2.45, 2.75) is 25.6 Å². The molecule has 1 aliphatic rings. The third kappa shape index (κ3) is 2.54. The maximum atomic E-state index is 9.46. The summed E-state index contributed by atoms with van der Waals surface area (Å²) in [6, 6.07) is 3.91. The number of hydrogen-bond acceptors (Lipinski definition) is 3. The van der Waals surface area contributed by atoms with Gasteiger partial charge in [0.25, 0.3) is 0 Å². The number of nitrogens with zero attached hydrogens (tertiary/aromatic N) is 2. The van der Waals surface area contributed by atoms with Gasteiger partial charge in [0.1, 0.15) is 0 Å². The SMILES string of the molecule is CB(O)N1CCC(c2ccc[n+](O)c2)CC1. The number of piperidine rings is 1. The van der Waals surface area contributed by atoms with E-state index in [-0.39, 0.29) is 7.05 Å². The Bertz CT molecular complexity index is 352. The van der Waals surface area contributed by atoms with Crippen LogP contribution in [0, 0.1) is 0 Å². The lowest BCUT2D eigenvalue weighted by molar-refractivity contribution is -0.905. The molecule has 0 radical (unpaired) electrons. The minimum absolute atomic E-state index is 0.348. The molecule has 1 aromatic heterocycles. The summed E-state index contributed by atoms with van der Waals surface area (Å²) in [5.41, 5.74) is 1.18. The molecule has 0 bridgehead atoms. The second kappa shape index (κ2) is 4.85. The molecule has 2 heterocycles. The fourth-order valence-electron chi connectivity index (χ4n) is 2.33. The largest absolute Gasteiger partial charge is 0.437 e. The Morgan fingerprint density at radius 1 is 1.44 bits per heavy atom. The second-order valence-corrected chi connectivity index (χ2v) is 4.46. The smallest absolute Gasteiger partial charge is 0.376 e. The molecule has 1 fully saturated rings. The van der Waals surface area contributed by atoms with Crippen LogP contribution >= 0.6 is 0 Å². The van der Waals surface area contributed by atoms with Gasteiger partial charge in [0, 0.05) is 16.4 Å². The highest BCUT2D eigenvalue weighted by atomic mass is 16.5. The maximum Gasteiger partial charge on any atom is 0.376 e. The number of pyridine rings is 1. The Kier molecular flexibility index (Phi) is 3.46. The molecule has 0 aromatic carbocycles. The lowest BCUT2D eigenvalue weighted by Crippen LogP contribution is -2.42. The Morgan fingerprint density at radius 3 is 2.69 bits per heavy atom. The summed E-state index contributed by atoms with van der Waals surface area (Å²) in [7, 11) is -0.348. The molecule has 86 valence electrons. The van der Waals surface area contributed by atoms with Crippen molar-refractivity contribution in [3.8, 4) is 0 Å². The third-order valence-electron chi connectivity index (χ3n) is 3.34. The van der Waals surface area contributed by atoms with Crippen LogP contribution in [0.1, 0.15) is 24.3 Å². The highest BCUT2D eigenvalue weighted by Gasteiger charge is 2.25. The summed E-state index contributed by atoms with van der Waals surface area (Å²) >= 11 is 0. The maximum absolute atomic E-state index is 9.46. The van der Waals surface area contributed by atoms with Crippen LogP contribution in [0.4, 0.5) is 0 Å². The molecule has 1 aliphatic heterocycles. The average Bonchev–Trinajstić information content (AvgIpc) is 2.29. The van der Waals surface area contributed by atoms with Crippen molar-refractivity contribution >= 4 is 7.05 Å². The summed E-state index contributed by atoms with van der Waals surface area (Å²) in [4.78, 5) is 2.08. The summed E-state index contributed by atoms with van der Waals surface area (Å²) in [5, 5.41) is 18.8. The van der Waals surface area contributed by atoms with Crippen molar-refractivity contribution in [2.24, 2.45) is 0 Å². The van der Waals surface area contributed by atoms with Crippen molar-refractivity contribution in [3.05, 3.63) is 30.1 Å². The fourth-order valence-corrected chi connectivity index (χ4v) is 2.33. The predicted molar refractivity (Wildman–Crippen MR) is 61.2 cm³/mol. The van der Waals surface area contributed by atoms with E-state index in [9.17, 15) is 10.2 Å². The van der Waals surface area contributed by atoms with E-state index >= 15 is 0 Å². The molecule has 0 saturated carbocycles. The molecule has 0 amide bonds. The standard InChI is InChI=1S/C11H18BN2O2/c1-12(15)13-7-4-10(5-8-13)11-3-2-6-14(16)9-11/h2-3,6,9-10,15-16H,4-5,7-8H2,1H3/q+1. The molecule has 1 saturated heterocycles. The first-order valence-electron chi connectivity index (χ1n) is 5.79. The molecule has 2 N–H and O–H groups in total. The quantitative estimate of drug-likeness (QED) is 0.434.